The van der Waals surface area contributed by atoms with E-state index in [0.29, 0.717) is 6.04 Å². The van der Waals surface area contributed by atoms with Crippen molar-refractivity contribution in [1.29, 1.82) is 0 Å². The molecule has 0 amide bonds. The molecular formula is C15H27IN4S2. The standard InChI is InChI=1S/C15H26N4S2.HI/c1-16-15(17-7-11-20-2)18-12-13(14-6-5-10-21-14)19-8-3-4-9-19;/h5-6,10,13H,3-4,7-9,11-12H2,1-2H3,(H2,16,17,18);1H. The van der Waals surface area contributed by atoms with Crippen molar-refractivity contribution in [2.45, 2.75) is 18.9 Å². The van der Waals surface area contributed by atoms with Gasteiger partial charge in [-0.25, -0.2) is 0 Å². The van der Waals surface area contributed by atoms with Gasteiger partial charge in [-0.05, 0) is 43.6 Å². The van der Waals surface area contributed by atoms with Crippen molar-refractivity contribution >= 4 is 53.0 Å². The summed E-state index contributed by atoms with van der Waals surface area (Å²) in [6.45, 7) is 4.29. The number of nitrogens with zero attached hydrogens (tertiary/aromatic N) is 2. The van der Waals surface area contributed by atoms with E-state index in [1.807, 2.05) is 30.1 Å². The zero-order chi connectivity index (χ0) is 14.9. The highest BCUT2D eigenvalue weighted by atomic mass is 127. The molecule has 0 saturated carbocycles. The maximum absolute atomic E-state index is 4.31. The third kappa shape index (κ3) is 6.25. The fraction of sp³-hybridized carbons (Fsp3) is 0.667. The number of hydrogen-bond donors (Lipinski definition) is 2. The highest BCUT2D eigenvalue weighted by Gasteiger charge is 2.24. The van der Waals surface area contributed by atoms with Crippen LogP contribution in [0.2, 0.25) is 0 Å². The van der Waals surface area contributed by atoms with E-state index in [9.17, 15) is 0 Å². The maximum Gasteiger partial charge on any atom is 0.191 e. The lowest BCUT2D eigenvalue weighted by molar-refractivity contribution is 0.249. The Balaban J connectivity index is 0.00000242. The minimum Gasteiger partial charge on any atom is -0.356 e. The van der Waals surface area contributed by atoms with Gasteiger partial charge in [-0.1, -0.05) is 6.07 Å². The van der Waals surface area contributed by atoms with E-state index in [1.54, 1.807) is 0 Å². The molecule has 0 radical (unpaired) electrons. The van der Waals surface area contributed by atoms with Crippen molar-refractivity contribution in [2.75, 3.05) is 45.2 Å². The van der Waals surface area contributed by atoms with Crippen LogP contribution in [0.1, 0.15) is 23.8 Å². The second-order valence-corrected chi connectivity index (χ2v) is 7.11. The SMILES string of the molecule is CN=C(NCCSC)NCC(c1cccs1)N1CCCC1.I. The zero-order valence-electron chi connectivity index (χ0n) is 13.4. The van der Waals surface area contributed by atoms with Crippen LogP contribution in [0.15, 0.2) is 22.5 Å². The summed E-state index contributed by atoms with van der Waals surface area (Å²) in [7, 11) is 1.84. The molecular weight excluding hydrogens is 427 g/mol. The lowest BCUT2D eigenvalue weighted by Gasteiger charge is -2.27. The summed E-state index contributed by atoms with van der Waals surface area (Å²) < 4.78 is 0. The van der Waals surface area contributed by atoms with Gasteiger partial charge >= 0.3 is 0 Å². The van der Waals surface area contributed by atoms with Gasteiger partial charge in [0.15, 0.2) is 5.96 Å². The Morgan fingerprint density at radius 1 is 1.41 bits per heavy atom. The van der Waals surface area contributed by atoms with Crippen LogP contribution >= 0.6 is 47.1 Å². The minimum atomic E-state index is 0. The largest absolute Gasteiger partial charge is 0.356 e. The van der Waals surface area contributed by atoms with Gasteiger partial charge in [-0.15, -0.1) is 35.3 Å². The molecule has 1 aliphatic rings. The predicted molar refractivity (Wildman–Crippen MR) is 111 cm³/mol. The molecule has 0 aliphatic carbocycles. The molecule has 2 rings (SSSR count). The lowest BCUT2D eigenvalue weighted by atomic mass is 10.2. The number of hydrogen-bond acceptors (Lipinski definition) is 4. The summed E-state index contributed by atoms with van der Waals surface area (Å²) >= 11 is 3.70. The quantitative estimate of drug-likeness (QED) is 0.288. The first-order valence-corrected chi connectivity index (χ1v) is 9.83. The molecule has 1 saturated heterocycles. The molecule has 2 N–H and O–H groups in total. The topological polar surface area (TPSA) is 39.7 Å². The van der Waals surface area contributed by atoms with E-state index >= 15 is 0 Å². The first-order valence-electron chi connectivity index (χ1n) is 7.56. The van der Waals surface area contributed by atoms with E-state index in [1.165, 1.54) is 30.8 Å². The molecule has 2 heterocycles. The molecule has 126 valence electrons. The van der Waals surface area contributed by atoms with Crippen molar-refractivity contribution in [3.05, 3.63) is 22.4 Å². The molecule has 4 nitrogen and oxygen atoms in total. The molecule has 1 atom stereocenters. The Bertz CT molecular complexity index is 419. The van der Waals surface area contributed by atoms with Gasteiger partial charge in [0.1, 0.15) is 0 Å². The van der Waals surface area contributed by atoms with Gasteiger partial charge < -0.3 is 10.6 Å². The van der Waals surface area contributed by atoms with Crippen LogP contribution in [0.25, 0.3) is 0 Å². The molecule has 1 aliphatic heterocycles. The number of halogens is 1. The Morgan fingerprint density at radius 2 is 2.18 bits per heavy atom. The number of nitrogens with one attached hydrogen (secondary N) is 2. The zero-order valence-corrected chi connectivity index (χ0v) is 17.3. The Morgan fingerprint density at radius 3 is 2.77 bits per heavy atom. The van der Waals surface area contributed by atoms with Gasteiger partial charge in [0.25, 0.3) is 0 Å². The summed E-state index contributed by atoms with van der Waals surface area (Å²) in [5.41, 5.74) is 0. The van der Waals surface area contributed by atoms with E-state index < -0.39 is 0 Å². The fourth-order valence-electron chi connectivity index (χ4n) is 2.63. The average molecular weight is 454 g/mol. The first kappa shape index (κ1) is 20.1. The predicted octanol–water partition coefficient (Wildman–Crippen LogP) is 3.03. The second-order valence-electron chi connectivity index (χ2n) is 5.15. The second kappa shape index (κ2) is 11.5. The van der Waals surface area contributed by atoms with Crippen molar-refractivity contribution in [3.8, 4) is 0 Å². The number of guanidine groups is 1. The lowest BCUT2D eigenvalue weighted by Crippen LogP contribution is -2.43. The van der Waals surface area contributed by atoms with Crippen molar-refractivity contribution in [3.63, 3.8) is 0 Å². The number of aliphatic imine (C=N–C) groups is 1. The Labute approximate surface area is 159 Å². The monoisotopic (exact) mass is 454 g/mol. The smallest absolute Gasteiger partial charge is 0.191 e. The van der Waals surface area contributed by atoms with Crippen molar-refractivity contribution < 1.29 is 0 Å². The van der Waals surface area contributed by atoms with Crippen LogP contribution in [0.3, 0.4) is 0 Å². The number of thioether (sulfide) groups is 1. The molecule has 0 bridgehead atoms. The molecule has 0 aromatic carbocycles. The number of rotatable bonds is 7. The third-order valence-corrected chi connectivity index (χ3v) is 5.32. The van der Waals surface area contributed by atoms with Crippen molar-refractivity contribution in [2.24, 2.45) is 4.99 Å². The van der Waals surface area contributed by atoms with Crippen LogP contribution in [0.5, 0.6) is 0 Å². The molecule has 22 heavy (non-hydrogen) atoms. The van der Waals surface area contributed by atoms with Gasteiger partial charge in [0.2, 0.25) is 0 Å². The van der Waals surface area contributed by atoms with Crippen LogP contribution in [0, 0.1) is 0 Å². The van der Waals surface area contributed by atoms with Gasteiger partial charge in [0, 0.05) is 30.8 Å². The number of likely N-dealkylation sites (tertiary alicyclic amines) is 1. The van der Waals surface area contributed by atoms with Gasteiger partial charge in [0.05, 0.1) is 6.04 Å². The fourth-order valence-corrected chi connectivity index (χ4v) is 3.80. The molecule has 1 aromatic rings. The molecule has 7 heteroatoms. The van der Waals surface area contributed by atoms with Crippen LogP contribution in [0.4, 0.5) is 0 Å². The average Bonchev–Trinajstić information content (AvgIpc) is 3.19. The van der Waals surface area contributed by atoms with Gasteiger partial charge in [-0.3, -0.25) is 9.89 Å². The molecule has 1 aromatic heterocycles. The highest BCUT2D eigenvalue weighted by molar-refractivity contribution is 14.0. The summed E-state index contributed by atoms with van der Waals surface area (Å²) in [6, 6.07) is 4.86. The van der Waals surface area contributed by atoms with Crippen LogP contribution < -0.4 is 10.6 Å². The first-order chi connectivity index (χ1) is 10.3. The molecule has 1 fully saturated rings. The number of thiophene rings is 1. The Kier molecular flexibility index (Phi) is 10.5. The van der Waals surface area contributed by atoms with Gasteiger partial charge in [-0.2, -0.15) is 11.8 Å². The van der Waals surface area contributed by atoms with Crippen LogP contribution in [-0.2, 0) is 0 Å². The summed E-state index contributed by atoms with van der Waals surface area (Å²) in [6.07, 6.45) is 4.77. The minimum absolute atomic E-state index is 0. The normalized spacial score (nSPS) is 17.1. The van der Waals surface area contributed by atoms with E-state index in [-0.39, 0.29) is 24.0 Å². The molecule has 0 spiro atoms. The summed E-state index contributed by atoms with van der Waals surface area (Å²) in [4.78, 5) is 8.35. The summed E-state index contributed by atoms with van der Waals surface area (Å²) in [5, 5.41) is 9.02. The summed E-state index contributed by atoms with van der Waals surface area (Å²) in [5.74, 6) is 2.01. The van der Waals surface area contributed by atoms with E-state index in [2.05, 4.69) is 44.3 Å². The van der Waals surface area contributed by atoms with Crippen LogP contribution in [-0.4, -0.2) is 56.1 Å². The van der Waals surface area contributed by atoms with Crippen molar-refractivity contribution in [1.82, 2.24) is 15.5 Å². The third-order valence-electron chi connectivity index (χ3n) is 3.74. The van der Waals surface area contributed by atoms with E-state index in [0.717, 1.165) is 24.8 Å². The van der Waals surface area contributed by atoms with E-state index in [4.69, 9.17) is 0 Å². The Hall–Kier alpha value is 0.01000. The maximum atomic E-state index is 4.31. The highest BCUT2D eigenvalue weighted by Crippen LogP contribution is 2.27. The molecule has 1 unspecified atom stereocenters.